The zero-order valence-electron chi connectivity index (χ0n) is 9.80. The van der Waals surface area contributed by atoms with Gasteiger partial charge in [0.2, 0.25) is 5.03 Å². The first-order valence-corrected chi connectivity index (χ1v) is 7.71. The van der Waals surface area contributed by atoms with Crippen molar-refractivity contribution in [3.8, 4) is 0 Å². The number of sulfonamides is 1. The van der Waals surface area contributed by atoms with Gasteiger partial charge in [-0.25, -0.2) is 13.1 Å². The van der Waals surface area contributed by atoms with Gasteiger partial charge in [0.1, 0.15) is 0 Å². The van der Waals surface area contributed by atoms with Crippen LogP contribution in [-0.4, -0.2) is 40.8 Å². The van der Waals surface area contributed by atoms with Crippen molar-refractivity contribution >= 4 is 26.0 Å². The van der Waals surface area contributed by atoms with Crippen molar-refractivity contribution in [2.45, 2.75) is 24.8 Å². The SMILES string of the molecule is CC1CCN(S(=O)(=O)c2c(Br)nnn2C)CC1. The van der Waals surface area contributed by atoms with E-state index in [-0.39, 0.29) is 9.63 Å². The molecule has 0 amide bonds. The summed E-state index contributed by atoms with van der Waals surface area (Å²) < 4.78 is 27.9. The molecule has 0 spiro atoms. The van der Waals surface area contributed by atoms with Crippen LogP contribution < -0.4 is 0 Å². The molecule has 0 atom stereocenters. The number of piperidine rings is 1. The summed E-state index contributed by atoms with van der Waals surface area (Å²) in [5, 5.41) is 7.55. The van der Waals surface area contributed by atoms with Crippen LogP contribution in [0.2, 0.25) is 0 Å². The number of aryl methyl sites for hydroxylation is 1. The summed E-state index contributed by atoms with van der Waals surface area (Å²) in [6.07, 6.45) is 1.81. The molecule has 0 radical (unpaired) electrons. The molecule has 0 N–H and O–H groups in total. The molecular formula is C9H15BrN4O2S. The third-order valence-electron chi connectivity index (χ3n) is 3.06. The molecule has 0 aromatic carbocycles. The quantitative estimate of drug-likeness (QED) is 0.814. The van der Waals surface area contributed by atoms with E-state index in [0.717, 1.165) is 12.8 Å². The molecule has 17 heavy (non-hydrogen) atoms. The van der Waals surface area contributed by atoms with Crippen LogP contribution in [0.1, 0.15) is 19.8 Å². The molecule has 6 nitrogen and oxygen atoms in total. The fourth-order valence-corrected chi connectivity index (χ4v) is 4.45. The Kier molecular flexibility index (Phi) is 3.55. The zero-order valence-corrected chi connectivity index (χ0v) is 12.2. The molecule has 8 heteroatoms. The van der Waals surface area contributed by atoms with Crippen molar-refractivity contribution in [3.63, 3.8) is 0 Å². The van der Waals surface area contributed by atoms with Crippen LogP contribution >= 0.6 is 15.9 Å². The first kappa shape index (κ1) is 13.0. The summed E-state index contributed by atoms with van der Waals surface area (Å²) in [7, 11) is -1.90. The Morgan fingerprint density at radius 2 is 1.94 bits per heavy atom. The maximum atomic E-state index is 12.4. The number of rotatable bonds is 2. The van der Waals surface area contributed by atoms with Crippen LogP contribution in [-0.2, 0) is 17.1 Å². The maximum absolute atomic E-state index is 12.4. The topological polar surface area (TPSA) is 68.1 Å². The van der Waals surface area contributed by atoms with Crippen LogP contribution in [0.3, 0.4) is 0 Å². The number of aromatic nitrogens is 3. The Bertz CT molecular complexity index is 486. The minimum atomic E-state index is -3.48. The van der Waals surface area contributed by atoms with E-state index in [1.165, 1.54) is 8.99 Å². The normalized spacial score (nSPS) is 19.7. The van der Waals surface area contributed by atoms with E-state index >= 15 is 0 Å². The first-order valence-electron chi connectivity index (χ1n) is 5.48. The third-order valence-corrected chi connectivity index (χ3v) is 5.85. The highest BCUT2D eigenvalue weighted by Gasteiger charge is 2.32. The third kappa shape index (κ3) is 2.38. The zero-order chi connectivity index (χ0) is 12.6. The second kappa shape index (κ2) is 4.66. The van der Waals surface area contributed by atoms with Gasteiger partial charge in [0.15, 0.2) is 4.60 Å². The molecule has 2 rings (SSSR count). The van der Waals surface area contributed by atoms with E-state index in [1.807, 2.05) is 0 Å². The second-order valence-electron chi connectivity index (χ2n) is 4.40. The Morgan fingerprint density at radius 3 is 2.41 bits per heavy atom. The van der Waals surface area contributed by atoms with Crippen LogP contribution in [0.4, 0.5) is 0 Å². The molecule has 1 saturated heterocycles. The highest BCUT2D eigenvalue weighted by molar-refractivity contribution is 9.10. The van der Waals surface area contributed by atoms with Gasteiger partial charge in [0.25, 0.3) is 10.0 Å². The summed E-state index contributed by atoms with van der Waals surface area (Å²) in [5.41, 5.74) is 0. The summed E-state index contributed by atoms with van der Waals surface area (Å²) in [6, 6.07) is 0. The summed E-state index contributed by atoms with van der Waals surface area (Å²) in [5.74, 6) is 0.592. The van der Waals surface area contributed by atoms with Crippen molar-refractivity contribution in [1.82, 2.24) is 19.3 Å². The van der Waals surface area contributed by atoms with Crippen LogP contribution in [0.15, 0.2) is 9.63 Å². The molecule has 1 fully saturated rings. The van der Waals surface area contributed by atoms with Crippen LogP contribution in [0, 0.1) is 5.92 Å². The monoisotopic (exact) mass is 322 g/mol. The van der Waals surface area contributed by atoms with Crippen molar-refractivity contribution in [3.05, 3.63) is 4.60 Å². The molecule has 0 saturated carbocycles. The summed E-state index contributed by atoms with van der Waals surface area (Å²) in [4.78, 5) is 0. The van der Waals surface area contributed by atoms with Crippen LogP contribution in [0.25, 0.3) is 0 Å². The minimum absolute atomic E-state index is 0.132. The average Bonchev–Trinajstić information content (AvgIpc) is 2.59. The Labute approximate surface area is 109 Å². The number of halogens is 1. The van der Waals surface area contributed by atoms with Gasteiger partial charge < -0.3 is 0 Å². The molecule has 0 unspecified atom stereocenters. The molecule has 1 aromatic heterocycles. The molecule has 2 heterocycles. The van der Waals surface area contributed by atoms with E-state index in [2.05, 4.69) is 33.2 Å². The standard InChI is InChI=1S/C9H15BrN4O2S/c1-7-3-5-14(6-4-7)17(15,16)9-8(10)11-12-13(9)2/h7H,3-6H2,1-2H3. The fraction of sp³-hybridized carbons (Fsp3) is 0.778. The van der Waals surface area contributed by atoms with Crippen molar-refractivity contribution < 1.29 is 8.42 Å². The Morgan fingerprint density at radius 1 is 1.35 bits per heavy atom. The lowest BCUT2D eigenvalue weighted by Crippen LogP contribution is -2.38. The van der Waals surface area contributed by atoms with E-state index in [9.17, 15) is 8.42 Å². The van der Waals surface area contributed by atoms with Crippen LogP contribution in [0.5, 0.6) is 0 Å². The van der Waals surface area contributed by atoms with Gasteiger partial charge in [-0.15, -0.1) is 5.10 Å². The van der Waals surface area contributed by atoms with Gasteiger partial charge in [0, 0.05) is 20.1 Å². The van der Waals surface area contributed by atoms with Gasteiger partial charge in [0.05, 0.1) is 0 Å². The summed E-state index contributed by atoms with van der Waals surface area (Å²) >= 11 is 3.13. The van der Waals surface area contributed by atoms with Crippen molar-refractivity contribution in [2.75, 3.05) is 13.1 Å². The second-order valence-corrected chi connectivity index (χ2v) is 7.00. The summed E-state index contributed by atoms with van der Waals surface area (Å²) in [6.45, 7) is 3.29. The highest BCUT2D eigenvalue weighted by atomic mass is 79.9. The Hall–Kier alpha value is -0.470. The molecular weight excluding hydrogens is 308 g/mol. The lowest BCUT2D eigenvalue weighted by molar-refractivity contribution is 0.286. The van der Waals surface area contributed by atoms with E-state index < -0.39 is 10.0 Å². The lowest BCUT2D eigenvalue weighted by Gasteiger charge is -2.29. The number of hydrogen-bond donors (Lipinski definition) is 0. The minimum Gasteiger partial charge on any atom is -0.235 e. The lowest BCUT2D eigenvalue weighted by atomic mass is 10.0. The van der Waals surface area contributed by atoms with Crippen molar-refractivity contribution in [2.24, 2.45) is 13.0 Å². The van der Waals surface area contributed by atoms with Gasteiger partial charge in [-0.05, 0) is 34.7 Å². The molecule has 1 aromatic rings. The molecule has 1 aliphatic heterocycles. The molecule has 0 bridgehead atoms. The molecule has 1 aliphatic rings. The first-order chi connectivity index (χ1) is 7.93. The van der Waals surface area contributed by atoms with E-state index in [0.29, 0.717) is 19.0 Å². The maximum Gasteiger partial charge on any atom is 0.263 e. The van der Waals surface area contributed by atoms with Gasteiger partial charge >= 0.3 is 0 Å². The average molecular weight is 323 g/mol. The fourth-order valence-electron chi connectivity index (χ4n) is 1.94. The van der Waals surface area contributed by atoms with Gasteiger partial charge in [-0.2, -0.15) is 4.31 Å². The van der Waals surface area contributed by atoms with Gasteiger partial charge in [-0.3, -0.25) is 0 Å². The number of hydrogen-bond acceptors (Lipinski definition) is 4. The Balaban J connectivity index is 2.31. The number of nitrogens with zero attached hydrogens (tertiary/aromatic N) is 4. The molecule has 0 aliphatic carbocycles. The predicted octanol–water partition coefficient (Wildman–Crippen LogP) is 0.998. The van der Waals surface area contributed by atoms with E-state index in [4.69, 9.17) is 0 Å². The highest BCUT2D eigenvalue weighted by Crippen LogP contribution is 2.26. The van der Waals surface area contributed by atoms with Crippen molar-refractivity contribution in [1.29, 1.82) is 0 Å². The van der Waals surface area contributed by atoms with Gasteiger partial charge in [-0.1, -0.05) is 12.1 Å². The largest absolute Gasteiger partial charge is 0.263 e. The smallest absolute Gasteiger partial charge is 0.235 e. The predicted molar refractivity (Wildman–Crippen MR) is 65.9 cm³/mol. The molecule has 96 valence electrons. The van der Waals surface area contributed by atoms with E-state index in [1.54, 1.807) is 7.05 Å².